The largest absolute Gasteiger partial charge is 0.454 e. The number of benzene rings is 2. The number of carbonyl (C=O) groups excluding carboxylic acids is 1. The van der Waals surface area contributed by atoms with Crippen LogP contribution in [0.1, 0.15) is 29.5 Å². The first-order valence-electron chi connectivity index (χ1n) is 9.81. The average Bonchev–Trinajstić information content (AvgIpc) is 3.39. The van der Waals surface area contributed by atoms with Gasteiger partial charge in [-0.25, -0.2) is 4.98 Å². The lowest BCUT2D eigenvalue weighted by Crippen LogP contribution is -2.28. The number of aryl methyl sites for hydroxylation is 2. The van der Waals surface area contributed by atoms with Gasteiger partial charge in [0.2, 0.25) is 12.7 Å². The van der Waals surface area contributed by atoms with E-state index in [2.05, 4.69) is 42.3 Å². The van der Waals surface area contributed by atoms with Crippen molar-refractivity contribution >= 4 is 11.7 Å². The van der Waals surface area contributed by atoms with Crippen molar-refractivity contribution < 1.29 is 14.3 Å². The lowest BCUT2D eigenvalue weighted by atomic mass is 9.94. The molecule has 0 radical (unpaired) electrons. The van der Waals surface area contributed by atoms with Crippen molar-refractivity contribution in [3.05, 3.63) is 71.3 Å². The van der Waals surface area contributed by atoms with E-state index in [0.29, 0.717) is 11.6 Å². The molecule has 1 aliphatic carbocycles. The van der Waals surface area contributed by atoms with Gasteiger partial charge in [-0.15, -0.1) is 0 Å². The Hall–Kier alpha value is -3.34. The quantitative estimate of drug-likeness (QED) is 0.702. The van der Waals surface area contributed by atoms with Crippen LogP contribution in [-0.4, -0.2) is 17.7 Å². The number of rotatable bonds is 4. The molecule has 2 aromatic carbocycles. The van der Waals surface area contributed by atoms with Crippen LogP contribution >= 0.6 is 0 Å². The minimum absolute atomic E-state index is 0.0263. The van der Waals surface area contributed by atoms with E-state index in [4.69, 9.17) is 9.47 Å². The van der Waals surface area contributed by atoms with Gasteiger partial charge < -0.3 is 14.8 Å². The van der Waals surface area contributed by atoms with E-state index in [1.807, 2.05) is 36.4 Å². The fourth-order valence-electron chi connectivity index (χ4n) is 3.96. The third-order valence-corrected chi connectivity index (χ3v) is 5.76. The predicted molar refractivity (Wildman–Crippen MR) is 111 cm³/mol. The van der Waals surface area contributed by atoms with Crippen LogP contribution in [0.3, 0.4) is 0 Å². The van der Waals surface area contributed by atoms with Crippen LogP contribution in [0, 0.1) is 13.8 Å². The van der Waals surface area contributed by atoms with E-state index in [-0.39, 0.29) is 12.7 Å². The van der Waals surface area contributed by atoms with Crippen molar-refractivity contribution in [2.24, 2.45) is 0 Å². The zero-order valence-corrected chi connectivity index (χ0v) is 16.5. The molecular weight excluding hydrogens is 364 g/mol. The van der Waals surface area contributed by atoms with E-state index in [1.165, 1.54) is 11.1 Å². The fourth-order valence-corrected chi connectivity index (χ4v) is 3.96. The van der Waals surface area contributed by atoms with Crippen LogP contribution in [0.25, 0.3) is 11.3 Å². The summed E-state index contributed by atoms with van der Waals surface area (Å²) in [7, 11) is 0. The second-order valence-electron chi connectivity index (χ2n) is 7.83. The van der Waals surface area contributed by atoms with Gasteiger partial charge in [0.25, 0.3) is 0 Å². The van der Waals surface area contributed by atoms with Gasteiger partial charge in [0.1, 0.15) is 5.82 Å². The zero-order valence-electron chi connectivity index (χ0n) is 16.5. The number of hydrogen-bond donors (Lipinski definition) is 1. The number of anilines is 1. The number of amides is 1. The Bertz CT molecular complexity index is 1120. The smallest absolute Gasteiger partial charge is 0.236 e. The van der Waals surface area contributed by atoms with Crippen molar-refractivity contribution in [1.29, 1.82) is 0 Å². The van der Waals surface area contributed by atoms with Crippen molar-refractivity contribution in [1.82, 2.24) is 4.98 Å². The van der Waals surface area contributed by atoms with Crippen molar-refractivity contribution in [2.45, 2.75) is 32.1 Å². The van der Waals surface area contributed by atoms with Crippen molar-refractivity contribution in [3.8, 4) is 22.8 Å². The first-order chi connectivity index (χ1) is 14.0. The molecule has 0 bridgehead atoms. The van der Waals surface area contributed by atoms with Crippen LogP contribution in [0.5, 0.6) is 11.5 Å². The third-order valence-electron chi connectivity index (χ3n) is 5.76. The second-order valence-corrected chi connectivity index (χ2v) is 7.83. The average molecular weight is 386 g/mol. The zero-order chi connectivity index (χ0) is 20.0. The van der Waals surface area contributed by atoms with E-state index in [0.717, 1.165) is 35.4 Å². The minimum Gasteiger partial charge on any atom is -0.454 e. The maximum absolute atomic E-state index is 13.1. The Kier molecular flexibility index (Phi) is 4.05. The topological polar surface area (TPSA) is 60.5 Å². The fraction of sp³-hybridized carbons (Fsp3) is 0.250. The Balaban J connectivity index is 1.40. The number of pyridine rings is 1. The molecule has 1 fully saturated rings. The maximum Gasteiger partial charge on any atom is 0.236 e. The number of aromatic nitrogens is 1. The minimum atomic E-state index is -0.515. The van der Waals surface area contributed by atoms with E-state index in [9.17, 15) is 4.79 Å². The van der Waals surface area contributed by atoms with Crippen molar-refractivity contribution in [3.63, 3.8) is 0 Å². The van der Waals surface area contributed by atoms with Gasteiger partial charge in [-0.2, -0.15) is 0 Å². The molecule has 1 saturated carbocycles. The van der Waals surface area contributed by atoms with E-state index >= 15 is 0 Å². The maximum atomic E-state index is 13.1. The highest BCUT2D eigenvalue weighted by molar-refractivity contribution is 6.01. The molecule has 0 atom stereocenters. The molecule has 0 unspecified atom stereocenters. The Morgan fingerprint density at radius 2 is 1.83 bits per heavy atom. The number of fused-ring (bicyclic) bond motifs is 1. The molecule has 5 nitrogen and oxygen atoms in total. The van der Waals surface area contributed by atoms with Gasteiger partial charge in [-0.3, -0.25) is 4.79 Å². The van der Waals surface area contributed by atoms with Crippen LogP contribution < -0.4 is 14.8 Å². The summed E-state index contributed by atoms with van der Waals surface area (Å²) in [5.74, 6) is 1.98. The van der Waals surface area contributed by atoms with Crippen LogP contribution in [0.15, 0.2) is 54.6 Å². The summed E-state index contributed by atoms with van der Waals surface area (Å²) in [5.41, 5.74) is 4.76. The molecular formula is C24H22N2O3. The molecule has 0 spiro atoms. The first-order valence-corrected chi connectivity index (χ1v) is 9.81. The van der Waals surface area contributed by atoms with Crippen LogP contribution in [0.4, 0.5) is 5.82 Å². The summed E-state index contributed by atoms with van der Waals surface area (Å²) in [6, 6.07) is 17.8. The molecule has 1 aromatic heterocycles. The molecule has 1 amide bonds. The van der Waals surface area contributed by atoms with Gasteiger partial charge in [-0.05, 0) is 62.1 Å². The first kappa shape index (κ1) is 17.7. The highest BCUT2D eigenvalue weighted by Crippen LogP contribution is 2.51. The summed E-state index contributed by atoms with van der Waals surface area (Å²) in [6.07, 6.45) is 1.63. The Morgan fingerprint density at radius 3 is 2.62 bits per heavy atom. The van der Waals surface area contributed by atoms with Crippen LogP contribution in [-0.2, 0) is 10.2 Å². The summed E-state index contributed by atoms with van der Waals surface area (Å²) in [4.78, 5) is 17.8. The summed E-state index contributed by atoms with van der Waals surface area (Å²) in [6.45, 7) is 4.38. The SMILES string of the molecule is Cc1ccc(-c2cccc(NC(=O)C3(c4ccc5c(c4)OCO5)CC3)n2)c(C)c1. The highest BCUT2D eigenvalue weighted by atomic mass is 16.7. The monoisotopic (exact) mass is 386 g/mol. The lowest BCUT2D eigenvalue weighted by molar-refractivity contribution is -0.118. The molecule has 29 heavy (non-hydrogen) atoms. The molecule has 0 saturated heterocycles. The third kappa shape index (κ3) is 3.12. The Morgan fingerprint density at radius 1 is 1.00 bits per heavy atom. The molecule has 5 heteroatoms. The standard InChI is InChI=1S/C24H22N2O3/c1-15-6-8-18(16(2)12-15)19-4-3-5-22(25-19)26-23(27)24(10-11-24)17-7-9-20-21(13-17)29-14-28-20/h3-9,12-13H,10-11,14H2,1-2H3,(H,25,26,27). The van der Waals surface area contributed by atoms with Gasteiger partial charge in [0, 0.05) is 5.56 Å². The number of nitrogens with one attached hydrogen (secondary N) is 1. The van der Waals surface area contributed by atoms with E-state index in [1.54, 1.807) is 0 Å². The predicted octanol–water partition coefficient (Wildman–Crippen LogP) is 4.76. The Labute approximate surface area is 169 Å². The summed E-state index contributed by atoms with van der Waals surface area (Å²) in [5, 5.41) is 3.03. The van der Waals surface area contributed by atoms with Gasteiger partial charge in [0.15, 0.2) is 11.5 Å². The molecule has 1 aliphatic heterocycles. The number of carbonyl (C=O) groups is 1. The molecule has 3 aromatic rings. The van der Waals surface area contributed by atoms with Crippen molar-refractivity contribution in [2.75, 3.05) is 12.1 Å². The number of ether oxygens (including phenoxy) is 2. The van der Waals surface area contributed by atoms with Crippen LogP contribution in [0.2, 0.25) is 0 Å². The molecule has 146 valence electrons. The number of nitrogens with zero attached hydrogens (tertiary/aromatic N) is 1. The highest BCUT2D eigenvalue weighted by Gasteiger charge is 2.51. The lowest BCUT2D eigenvalue weighted by Gasteiger charge is -2.16. The van der Waals surface area contributed by atoms with E-state index < -0.39 is 5.41 Å². The molecule has 1 N–H and O–H groups in total. The molecule has 2 aliphatic rings. The van der Waals surface area contributed by atoms with Gasteiger partial charge in [-0.1, -0.05) is 35.9 Å². The molecule has 2 heterocycles. The normalized spacial score (nSPS) is 15.8. The number of hydrogen-bond acceptors (Lipinski definition) is 4. The van der Waals surface area contributed by atoms with Gasteiger partial charge in [0.05, 0.1) is 11.1 Å². The molecule has 5 rings (SSSR count). The summed E-state index contributed by atoms with van der Waals surface area (Å²) >= 11 is 0. The van der Waals surface area contributed by atoms with Gasteiger partial charge >= 0.3 is 0 Å². The summed E-state index contributed by atoms with van der Waals surface area (Å²) < 4.78 is 10.9. The second kappa shape index (κ2) is 6.62.